The Kier molecular flexibility index (Phi) is 5.88. The van der Waals surface area contributed by atoms with E-state index in [1.807, 2.05) is 0 Å². The van der Waals surface area contributed by atoms with Crippen molar-refractivity contribution in [1.29, 1.82) is 0 Å². The molecule has 3 rings (SSSR count). The topological polar surface area (TPSA) is 78.1 Å². The highest BCUT2D eigenvalue weighted by Gasteiger charge is 2.30. The van der Waals surface area contributed by atoms with Gasteiger partial charge in [-0.15, -0.1) is 13.2 Å². The summed E-state index contributed by atoms with van der Waals surface area (Å²) in [5.74, 6) is -0.0684. The molecule has 1 heterocycles. The normalized spacial score (nSPS) is 14.2. The first-order valence-corrected chi connectivity index (χ1v) is 8.25. The van der Waals surface area contributed by atoms with E-state index in [1.54, 1.807) is 0 Å². The van der Waals surface area contributed by atoms with Gasteiger partial charge in [0.15, 0.2) is 12.8 Å². The molecule has 6 nitrogen and oxygen atoms in total. The molecule has 0 unspecified atom stereocenters. The summed E-state index contributed by atoms with van der Waals surface area (Å²) in [7, 11) is 0. The van der Waals surface area contributed by atoms with Crippen molar-refractivity contribution in [3.05, 3.63) is 53.3 Å². The average Bonchev–Trinajstić information content (AvgIpc) is 2.62. The maximum absolute atomic E-state index is 13.7. The minimum Gasteiger partial charge on any atom is -0.467 e. The van der Waals surface area contributed by atoms with Crippen LogP contribution in [0.5, 0.6) is 11.5 Å². The molecule has 3 N–H and O–H groups in total. The molecule has 0 radical (unpaired) electrons. The van der Waals surface area contributed by atoms with Crippen molar-refractivity contribution in [1.82, 2.24) is 0 Å². The zero-order chi connectivity index (χ0) is 20.1. The number of hydrogen-bond donors (Lipinski definition) is 2. The first-order valence-electron chi connectivity index (χ1n) is 8.25. The maximum atomic E-state index is 13.7. The van der Waals surface area contributed by atoms with E-state index >= 15 is 0 Å². The van der Waals surface area contributed by atoms with Gasteiger partial charge in [0.1, 0.15) is 17.3 Å². The molecule has 0 bridgehead atoms. The number of aliphatic imine (C=N–C) groups is 1. The van der Waals surface area contributed by atoms with Crippen LogP contribution in [0.3, 0.4) is 0 Å². The number of benzene rings is 2. The number of ether oxygens (including phenoxy) is 3. The second-order valence-corrected chi connectivity index (χ2v) is 5.88. The van der Waals surface area contributed by atoms with Crippen LogP contribution in [0, 0.1) is 5.82 Å². The van der Waals surface area contributed by atoms with Crippen LogP contribution in [0.2, 0.25) is 0 Å². The van der Waals surface area contributed by atoms with Crippen LogP contribution >= 0.6 is 0 Å². The number of fused-ring (bicyclic) bond motifs is 1. The van der Waals surface area contributed by atoms with E-state index in [-0.39, 0.29) is 37.5 Å². The van der Waals surface area contributed by atoms with E-state index in [4.69, 9.17) is 15.2 Å². The lowest BCUT2D eigenvalue weighted by Gasteiger charge is -2.20. The van der Waals surface area contributed by atoms with Crippen LogP contribution in [-0.2, 0) is 17.8 Å². The van der Waals surface area contributed by atoms with Crippen LogP contribution in [0.25, 0.3) is 0 Å². The molecule has 0 saturated heterocycles. The SMILES string of the molecule is NC(=NCCc1cc(F)cc2c1OCOC2)Nc1ccc(OC(F)(F)F)cc1. The molecule has 0 atom stereocenters. The molecule has 0 aromatic heterocycles. The maximum Gasteiger partial charge on any atom is 0.573 e. The van der Waals surface area contributed by atoms with Crippen LogP contribution in [0.1, 0.15) is 11.1 Å². The molecular formula is C18H17F4N3O3. The zero-order valence-electron chi connectivity index (χ0n) is 14.6. The lowest BCUT2D eigenvalue weighted by molar-refractivity contribution is -0.274. The number of nitrogens with one attached hydrogen (secondary N) is 1. The quantitative estimate of drug-likeness (QED) is 0.457. The molecule has 0 saturated carbocycles. The number of hydrogen-bond acceptors (Lipinski definition) is 4. The Morgan fingerprint density at radius 2 is 1.96 bits per heavy atom. The number of nitrogens with zero attached hydrogens (tertiary/aromatic N) is 1. The van der Waals surface area contributed by atoms with Gasteiger partial charge in [0.05, 0.1) is 6.61 Å². The van der Waals surface area contributed by atoms with E-state index < -0.39 is 6.36 Å². The van der Waals surface area contributed by atoms with Gasteiger partial charge in [0, 0.05) is 17.8 Å². The molecular weight excluding hydrogens is 382 g/mol. The molecule has 2 aromatic carbocycles. The number of alkyl halides is 3. The van der Waals surface area contributed by atoms with Crippen LogP contribution in [0.4, 0.5) is 23.2 Å². The molecule has 1 aliphatic heterocycles. The van der Waals surface area contributed by atoms with Crippen molar-refractivity contribution < 1.29 is 31.8 Å². The molecule has 28 heavy (non-hydrogen) atoms. The number of halogens is 4. The Morgan fingerprint density at radius 1 is 1.21 bits per heavy atom. The number of rotatable bonds is 5. The van der Waals surface area contributed by atoms with Gasteiger partial charge in [-0.25, -0.2) is 4.39 Å². The van der Waals surface area contributed by atoms with Gasteiger partial charge in [-0.1, -0.05) is 0 Å². The van der Waals surface area contributed by atoms with Crippen molar-refractivity contribution in [2.24, 2.45) is 10.7 Å². The van der Waals surface area contributed by atoms with E-state index in [1.165, 1.54) is 24.3 Å². The standard InChI is InChI=1S/C18H17F4N3O3/c19-13-7-11(16-12(8-13)9-26-10-27-16)5-6-24-17(23)25-14-1-3-15(4-2-14)28-18(20,21)22/h1-4,7-8H,5-6,9-10H2,(H3,23,24,25). The summed E-state index contributed by atoms with van der Waals surface area (Å²) in [6.07, 6.45) is -4.36. The van der Waals surface area contributed by atoms with Gasteiger partial charge in [-0.2, -0.15) is 0 Å². The minimum atomic E-state index is -4.75. The highest BCUT2D eigenvalue weighted by molar-refractivity contribution is 5.92. The first-order chi connectivity index (χ1) is 13.3. The van der Waals surface area contributed by atoms with Gasteiger partial charge >= 0.3 is 6.36 Å². The molecule has 1 aliphatic rings. The predicted molar refractivity (Wildman–Crippen MR) is 93.6 cm³/mol. The Labute approximate surface area is 157 Å². The fourth-order valence-corrected chi connectivity index (χ4v) is 2.67. The van der Waals surface area contributed by atoms with Gasteiger partial charge in [-0.05, 0) is 48.4 Å². The number of nitrogens with two attached hydrogens (primary N) is 1. The van der Waals surface area contributed by atoms with Crippen LogP contribution in [0.15, 0.2) is 41.4 Å². The van der Waals surface area contributed by atoms with Gasteiger partial charge in [-0.3, -0.25) is 4.99 Å². The van der Waals surface area contributed by atoms with E-state index in [9.17, 15) is 17.6 Å². The summed E-state index contributed by atoms with van der Waals surface area (Å²) in [6.45, 7) is 0.641. The third-order valence-corrected chi connectivity index (χ3v) is 3.78. The summed E-state index contributed by atoms with van der Waals surface area (Å²) in [5, 5.41) is 2.76. The monoisotopic (exact) mass is 399 g/mol. The molecule has 0 aliphatic carbocycles. The Morgan fingerprint density at radius 3 is 2.68 bits per heavy atom. The molecule has 0 amide bonds. The zero-order valence-corrected chi connectivity index (χ0v) is 14.6. The van der Waals surface area contributed by atoms with Crippen molar-refractivity contribution in [2.45, 2.75) is 19.4 Å². The van der Waals surface area contributed by atoms with Crippen molar-refractivity contribution >= 4 is 11.6 Å². The van der Waals surface area contributed by atoms with Gasteiger partial charge in [0.2, 0.25) is 0 Å². The molecule has 150 valence electrons. The molecule has 10 heteroatoms. The summed E-state index contributed by atoms with van der Waals surface area (Å²) in [4.78, 5) is 4.14. The number of anilines is 1. The van der Waals surface area contributed by atoms with Crippen LogP contribution < -0.4 is 20.5 Å². The fourth-order valence-electron chi connectivity index (χ4n) is 2.67. The third kappa shape index (κ3) is 5.49. The Balaban J connectivity index is 1.57. The van der Waals surface area contributed by atoms with Gasteiger partial charge < -0.3 is 25.3 Å². The van der Waals surface area contributed by atoms with E-state index in [0.29, 0.717) is 29.0 Å². The smallest absolute Gasteiger partial charge is 0.467 e. The largest absolute Gasteiger partial charge is 0.573 e. The Bertz CT molecular complexity index is 854. The minimum absolute atomic E-state index is 0.0685. The van der Waals surface area contributed by atoms with Gasteiger partial charge in [0.25, 0.3) is 0 Å². The summed E-state index contributed by atoms with van der Waals surface area (Å²) < 4.78 is 64.5. The lowest BCUT2D eigenvalue weighted by Crippen LogP contribution is -2.23. The van der Waals surface area contributed by atoms with Crippen molar-refractivity contribution in [3.8, 4) is 11.5 Å². The molecule has 0 spiro atoms. The highest BCUT2D eigenvalue weighted by atomic mass is 19.4. The third-order valence-electron chi connectivity index (χ3n) is 3.78. The molecule has 2 aromatic rings. The second-order valence-electron chi connectivity index (χ2n) is 5.88. The summed E-state index contributed by atoms with van der Waals surface area (Å²) >= 11 is 0. The van der Waals surface area contributed by atoms with Crippen molar-refractivity contribution in [3.63, 3.8) is 0 Å². The predicted octanol–water partition coefficient (Wildman–Crippen LogP) is 3.56. The highest BCUT2D eigenvalue weighted by Crippen LogP contribution is 2.29. The van der Waals surface area contributed by atoms with Crippen molar-refractivity contribution in [2.75, 3.05) is 18.7 Å². The van der Waals surface area contributed by atoms with E-state index in [0.717, 1.165) is 12.1 Å². The number of guanidine groups is 1. The lowest BCUT2D eigenvalue weighted by atomic mass is 10.1. The fraction of sp³-hybridized carbons (Fsp3) is 0.278. The second kappa shape index (κ2) is 8.34. The average molecular weight is 399 g/mol. The first kappa shape index (κ1) is 19.7. The summed E-state index contributed by atoms with van der Waals surface area (Å²) in [5.41, 5.74) is 7.52. The molecule has 0 fully saturated rings. The Hall–Kier alpha value is -3.01. The summed E-state index contributed by atoms with van der Waals surface area (Å²) in [6, 6.07) is 7.80. The van der Waals surface area contributed by atoms with E-state index in [2.05, 4.69) is 15.0 Å². The van der Waals surface area contributed by atoms with Crippen LogP contribution in [-0.4, -0.2) is 25.7 Å².